The van der Waals surface area contributed by atoms with Gasteiger partial charge < -0.3 is 14.7 Å². The van der Waals surface area contributed by atoms with Crippen LogP contribution >= 0.6 is 11.6 Å². The lowest BCUT2D eigenvalue weighted by Crippen LogP contribution is -2.51. The summed E-state index contributed by atoms with van der Waals surface area (Å²) in [5, 5.41) is 10.9. The van der Waals surface area contributed by atoms with Gasteiger partial charge in [-0.05, 0) is 36.4 Å². The van der Waals surface area contributed by atoms with Gasteiger partial charge in [0.25, 0.3) is 0 Å². The lowest BCUT2D eigenvalue weighted by Gasteiger charge is -2.35. The molecule has 0 saturated carbocycles. The third-order valence-electron chi connectivity index (χ3n) is 5.07. The molecule has 1 atom stereocenters. The summed E-state index contributed by atoms with van der Waals surface area (Å²) >= 11 is 5.86. The molecule has 1 aliphatic rings. The lowest BCUT2D eigenvalue weighted by molar-refractivity contribution is -0.119. The van der Waals surface area contributed by atoms with Gasteiger partial charge in [0.2, 0.25) is 5.91 Å². The number of amides is 1. The number of para-hydroxylation sites is 1. The van der Waals surface area contributed by atoms with Gasteiger partial charge in [0.15, 0.2) is 0 Å². The minimum absolute atomic E-state index is 0.0843. The SMILES string of the molecule is CN(C(=O)CN1CCN(CC(O)COc2ccc(Cl)cc2)CC1)c1ccccc1. The highest BCUT2D eigenvalue weighted by Crippen LogP contribution is 2.16. The van der Waals surface area contributed by atoms with E-state index in [1.54, 1.807) is 29.2 Å². The van der Waals surface area contributed by atoms with Crippen LogP contribution in [0.3, 0.4) is 0 Å². The van der Waals surface area contributed by atoms with E-state index in [2.05, 4.69) is 9.80 Å². The molecule has 6 nitrogen and oxygen atoms in total. The molecule has 1 heterocycles. The Bertz CT molecular complexity index is 765. The first-order chi connectivity index (χ1) is 14.0. The van der Waals surface area contributed by atoms with Gasteiger partial charge in [-0.15, -0.1) is 0 Å². The van der Waals surface area contributed by atoms with E-state index in [1.165, 1.54) is 0 Å². The van der Waals surface area contributed by atoms with E-state index in [9.17, 15) is 9.90 Å². The molecule has 2 aromatic carbocycles. The van der Waals surface area contributed by atoms with E-state index in [0.29, 0.717) is 23.9 Å². The number of carbonyl (C=O) groups excluding carboxylic acids is 1. The van der Waals surface area contributed by atoms with Gasteiger partial charge in [-0.25, -0.2) is 0 Å². The largest absolute Gasteiger partial charge is 0.491 e. The fraction of sp³-hybridized carbons (Fsp3) is 0.409. The highest BCUT2D eigenvalue weighted by molar-refractivity contribution is 6.30. The second-order valence-electron chi connectivity index (χ2n) is 7.28. The average Bonchev–Trinajstić information content (AvgIpc) is 2.75. The Kier molecular flexibility index (Phi) is 7.89. The van der Waals surface area contributed by atoms with E-state index >= 15 is 0 Å². The number of halogens is 1. The highest BCUT2D eigenvalue weighted by atomic mass is 35.5. The van der Waals surface area contributed by atoms with Crippen LogP contribution in [0.2, 0.25) is 5.02 Å². The van der Waals surface area contributed by atoms with Crippen molar-refractivity contribution in [3.8, 4) is 5.75 Å². The molecule has 0 spiro atoms. The molecule has 0 bridgehead atoms. The molecular weight excluding hydrogens is 390 g/mol. The molecule has 29 heavy (non-hydrogen) atoms. The zero-order valence-electron chi connectivity index (χ0n) is 16.7. The minimum Gasteiger partial charge on any atom is -0.491 e. The molecule has 0 radical (unpaired) electrons. The first kappa shape index (κ1) is 21.6. The minimum atomic E-state index is -0.567. The van der Waals surface area contributed by atoms with Gasteiger partial charge in [0.1, 0.15) is 18.5 Å². The summed E-state index contributed by atoms with van der Waals surface area (Å²) in [5.74, 6) is 0.778. The second-order valence-corrected chi connectivity index (χ2v) is 7.72. The Morgan fingerprint density at radius 2 is 1.69 bits per heavy atom. The van der Waals surface area contributed by atoms with E-state index < -0.39 is 6.10 Å². The average molecular weight is 418 g/mol. The number of nitrogens with zero attached hydrogens (tertiary/aromatic N) is 3. The molecule has 1 amide bonds. The maximum absolute atomic E-state index is 12.5. The number of likely N-dealkylation sites (N-methyl/N-ethyl adjacent to an activating group) is 1. The summed E-state index contributed by atoms with van der Waals surface area (Å²) in [6.45, 7) is 4.45. The molecule has 7 heteroatoms. The molecule has 1 saturated heterocycles. The fourth-order valence-corrected chi connectivity index (χ4v) is 3.42. The number of hydrogen-bond donors (Lipinski definition) is 1. The molecule has 1 N–H and O–H groups in total. The second kappa shape index (κ2) is 10.6. The van der Waals surface area contributed by atoms with Crippen LogP contribution in [0.15, 0.2) is 54.6 Å². The number of rotatable bonds is 8. The van der Waals surface area contributed by atoms with Crippen molar-refractivity contribution in [2.45, 2.75) is 6.10 Å². The van der Waals surface area contributed by atoms with Crippen LogP contribution in [0.5, 0.6) is 5.75 Å². The van der Waals surface area contributed by atoms with E-state index in [1.807, 2.05) is 37.4 Å². The number of hydrogen-bond acceptors (Lipinski definition) is 5. The Morgan fingerprint density at radius 1 is 1.07 bits per heavy atom. The Hall–Kier alpha value is -2.12. The quantitative estimate of drug-likeness (QED) is 0.714. The van der Waals surface area contributed by atoms with Crippen molar-refractivity contribution in [3.63, 3.8) is 0 Å². The van der Waals surface area contributed by atoms with Crippen LogP contribution < -0.4 is 9.64 Å². The van der Waals surface area contributed by atoms with Gasteiger partial charge in [-0.2, -0.15) is 0 Å². The number of carbonyl (C=O) groups is 1. The van der Waals surface area contributed by atoms with E-state index in [0.717, 1.165) is 31.9 Å². The van der Waals surface area contributed by atoms with Crippen molar-refractivity contribution in [2.75, 3.05) is 57.8 Å². The number of ether oxygens (including phenoxy) is 1. The Balaban J connectivity index is 1.36. The van der Waals surface area contributed by atoms with Crippen molar-refractivity contribution in [3.05, 3.63) is 59.6 Å². The van der Waals surface area contributed by atoms with Crippen molar-refractivity contribution in [1.29, 1.82) is 0 Å². The number of β-amino-alcohol motifs (C(OH)–C–C–N with tert-alkyl or cyclic N) is 1. The number of benzene rings is 2. The Labute approximate surface area is 177 Å². The van der Waals surface area contributed by atoms with Crippen molar-refractivity contribution < 1.29 is 14.6 Å². The maximum atomic E-state index is 12.5. The topological polar surface area (TPSA) is 56.3 Å². The summed E-state index contributed by atoms with van der Waals surface area (Å²) in [5.41, 5.74) is 0.903. The summed E-state index contributed by atoms with van der Waals surface area (Å²) < 4.78 is 5.61. The molecule has 2 aromatic rings. The standard InChI is InChI=1S/C22H28ClN3O3/c1-24(19-5-3-2-4-6-19)22(28)16-26-13-11-25(12-14-26)15-20(27)17-29-21-9-7-18(23)8-10-21/h2-10,20,27H,11-17H2,1H3. The molecule has 0 aromatic heterocycles. The van der Waals surface area contributed by atoms with Crippen LogP contribution in [0, 0.1) is 0 Å². The summed E-state index contributed by atoms with van der Waals surface area (Å²) in [7, 11) is 1.81. The van der Waals surface area contributed by atoms with Gasteiger partial charge in [0, 0.05) is 50.5 Å². The Morgan fingerprint density at radius 3 is 2.34 bits per heavy atom. The van der Waals surface area contributed by atoms with Crippen molar-refractivity contribution in [1.82, 2.24) is 9.80 Å². The molecule has 156 valence electrons. The first-order valence-electron chi connectivity index (χ1n) is 9.84. The predicted molar refractivity (Wildman–Crippen MR) is 116 cm³/mol. The summed E-state index contributed by atoms with van der Waals surface area (Å²) in [6.07, 6.45) is -0.567. The summed E-state index contributed by atoms with van der Waals surface area (Å²) in [4.78, 5) is 18.6. The van der Waals surface area contributed by atoms with E-state index in [4.69, 9.17) is 16.3 Å². The smallest absolute Gasteiger partial charge is 0.240 e. The zero-order chi connectivity index (χ0) is 20.6. The highest BCUT2D eigenvalue weighted by Gasteiger charge is 2.22. The van der Waals surface area contributed by atoms with Crippen molar-refractivity contribution >= 4 is 23.2 Å². The van der Waals surface area contributed by atoms with Crippen LogP contribution in [-0.2, 0) is 4.79 Å². The number of aliphatic hydroxyl groups excluding tert-OH is 1. The fourth-order valence-electron chi connectivity index (χ4n) is 3.30. The van der Waals surface area contributed by atoms with Crippen LogP contribution in [0.25, 0.3) is 0 Å². The van der Waals surface area contributed by atoms with E-state index in [-0.39, 0.29) is 12.5 Å². The molecule has 1 fully saturated rings. The molecule has 1 aliphatic heterocycles. The normalized spacial score (nSPS) is 16.4. The molecule has 1 unspecified atom stereocenters. The van der Waals surface area contributed by atoms with Crippen LogP contribution in [0.4, 0.5) is 5.69 Å². The predicted octanol–water partition coefficient (Wildman–Crippen LogP) is 2.36. The third-order valence-corrected chi connectivity index (χ3v) is 5.32. The molecule has 0 aliphatic carbocycles. The third kappa shape index (κ3) is 6.72. The van der Waals surface area contributed by atoms with Crippen LogP contribution in [-0.4, -0.2) is 79.8 Å². The summed E-state index contributed by atoms with van der Waals surface area (Å²) in [6, 6.07) is 16.8. The zero-order valence-corrected chi connectivity index (χ0v) is 17.5. The van der Waals surface area contributed by atoms with Crippen LogP contribution in [0.1, 0.15) is 0 Å². The maximum Gasteiger partial charge on any atom is 0.240 e. The molecular formula is C22H28ClN3O3. The van der Waals surface area contributed by atoms with Crippen molar-refractivity contribution in [2.24, 2.45) is 0 Å². The van der Waals surface area contributed by atoms with Gasteiger partial charge in [0.05, 0.1) is 6.54 Å². The van der Waals surface area contributed by atoms with Gasteiger partial charge in [-0.3, -0.25) is 14.6 Å². The first-order valence-corrected chi connectivity index (χ1v) is 10.2. The number of anilines is 1. The number of piperazine rings is 1. The van der Waals surface area contributed by atoms with Gasteiger partial charge in [-0.1, -0.05) is 29.8 Å². The lowest BCUT2D eigenvalue weighted by atomic mass is 10.2. The molecule has 3 rings (SSSR count). The number of aliphatic hydroxyl groups is 1. The monoisotopic (exact) mass is 417 g/mol. The van der Waals surface area contributed by atoms with Gasteiger partial charge >= 0.3 is 0 Å².